The molecule has 1 aliphatic heterocycles. The predicted octanol–water partition coefficient (Wildman–Crippen LogP) is 2.20. The van der Waals surface area contributed by atoms with Crippen molar-refractivity contribution in [2.45, 2.75) is 13.8 Å². The Morgan fingerprint density at radius 2 is 2.45 bits per heavy atom. The van der Waals surface area contributed by atoms with Gasteiger partial charge in [0.25, 0.3) is 0 Å². The van der Waals surface area contributed by atoms with Crippen LogP contribution in [0.3, 0.4) is 0 Å². The van der Waals surface area contributed by atoms with Crippen LogP contribution in [0.5, 0.6) is 0 Å². The van der Waals surface area contributed by atoms with Gasteiger partial charge in [-0.15, -0.1) is 0 Å². The van der Waals surface area contributed by atoms with Gasteiger partial charge in [0.15, 0.2) is 0 Å². The van der Waals surface area contributed by atoms with Gasteiger partial charge in [-0.3, -0.25) is 9.98 Å². The van der Waals surface area contributed by atoms with E-state index in [2.05, 4.69) is 23.0 Å². The average molecular weight is 148 g/mol. The molecule has 0 bridgehead atoms. The van der Waals surface area contributed by atoms with Gasteiger partial charge in [-0.2, -0.15) is 0 Å². The highest BCUT2D eigenvalue weighted by molar-refractivity contribution is 5.81. The normalized spacial score (nSPS) is 27.1. The number of allylic oxidation sites excluding steroid dienone is 2. The third kappa shape index (κ3) is 2.15. The van der Waals surface area contributed by atoms with Crippen LogP contribution in [0.15, 0.2) is 34.0 Å². The smallest absolute Gasteiger partial charge is 0.0321 e. The minimum Gasteiger partial charge on any atom is -0.269 e. The van der Waals surface area contributed by atoms with E-state index in [0.29, 0.717) is 5.92 Å². The summed E-state index contributed by atoms with van der Waals surface area (Å²) >= 11 is 0. The first-order valence-corrected chi connectivity index (χ1v) is 3.72. The second-order valence-corrected chi connectivity index (χ2v) is 2.44. The van der Waals surface area contributed by atoms with Crippen molar-refractivity contribution in [1.82, 2.24) is 0 Å². The van der Waals surface area contributed by atoms with E-state index < -0.39 is 0 Å². The number of rotatable bonds is 1. The van der Waals surface area contributed by atoms with Gasteiger partial charge in [0.2, 0.25) is 0 Å². The second-order valence-electron chi connectivity index (χ2n) is 2.44. The largest absolute Gasteiger partial charge is 0.269 e. The number of hydrogen-bond donors (Lipinski definition) is 0. The Balaban J connectivity index is 2.72. The van der Waals surface area contributed by atoms with E-state index in [1.165, 1.54) is 0 Å². The molecule has 11 heavy (non-hydrogen) atoms. The first-order chi connectivity index (χ1) is 5.34. The molecule has 1 aliphatic rings. The molecule has 0 aromatic rings. The van der Waals surface area contributed by atoms with Crippen molar-refractivity contribution in [2.75, 3.05) is 0 Å². The molecule has 0 spiro atoms. The lowest BCUT2D eigenvalue weighted by molar-refractivity contribution is 0.892. The molecule has 0 fully saturated rings. The van der Waals surface area contributed by atoms with Crippen LogP contribution in [-0.4, -0.2) is 12.4 Å². The topological polar surface area (TPSA) is 24.7 Å². The van der Waals surface area contributed by atoms with Gasteiger partial charge in [0, 0.05) is 30.7 Å². The van der Waals surface area contributed by atoms with Crippen molar-refractivity contribution in [3.63, 3.8) is 0 Å². The monoisotopic (exact) mass is 148 g/mol. The van der Waals surface area contributed by atoms with Gasteiger partial charge in [-0.25, -0.2) is 0 Å². The molecule has 0 aromatic carbocycles. The van der Waals surface area contributed by atoms with Crippen LogP contribution in [0.2, 0.25) is 0 Å². The third-order valence-corrected chi connectivity index (χ3v) is 1.58. The summed E-state index contributed by atoms with van der Waals surface area (Å²) in [5, 5.41) is 0. The number of nitrogens with zero attached hydrogens (tertiary/aromatic N) is 2. The first-order valence-electron chi connectivity index (χ1n) is 3.72. The summed E-state index contributed by atoms with van der Waals surface area (Å²) in [5.41, 5.74) is 1.16. The van der Waals surface area contributed by atoms with Crippen molar-refractivity contribution < 1.29 is 0 Å². The maximum atomic E-state index is 4.03. The lowest BCUT2D eigenvalue weighted by Gasteiger charge is -2.07. The summed E-state index contributed by atoms with van der Waals surface area (Å²) in [4.78, 5) is 8.05. The minimum atomic E-state index is 0.441. The molecule has 1 unspecified atom stereocenters. The molecule has 2 nitrogen and oxygen atoms in total. The van der Waals surface area contributed by atoms with Crippen LogP contribution in [0.1, 0.15) is 13.8 Å². The molecule has 0 saturated heterocycles. The lowest BCUT2D eigenvalue weighted by atomic mass is 10.0. The van der Waals surface area contributed by atoms with E-state index in [1.54, 1.807) is 6.21 Å². The maximum absolute atomic E-state index is 4.03. The van der Waals surface area contributed by atoms with E-state index in [4.69, 9.17) is 0 Å². The Bertz CT molecular complexity index is 234. The fourth-order valence-electron chi connectivity index (χ4n) is 0.848. The molecule has 1 atom stereocenters. The summed E-state index contributed by atoms with van der Waals surface area (Å²) < 4.78 is 0. The van der Waals surface area contributed by atoms with Crippen LogP contribution in [0.4, 0.5) is 0 Å². The second kappa shape index (κ2) is 3.86. The summed E-state index contributed by atoms with van der Waals surface area (Å²) in [6.45, 7) is 4.02. The molecular weight excluding hydrogens is 136 g/mol. The zero-order chi connectivity index (χ0) is 8.10. The van der Waals surface area contributed by atoms with Gasteiger partial charge in [-0.05, 0) is 12.5 Å². The molecule has 58 valence electrons. The Morgan fingerprint density at radius 1 is 1.64 bits per heavy atom. The summed E-state index contributed by atoms with van der Waals surface area (Å²) in [7, 11) is 0. The SMILES string of the molecule is CC=N/C=C1/C=NC=CC1C. The zero-order valence-electron chi connectivity index (χ0n) is 6.86. The molecule has 1 heterocycles. The van der Waals surface area contributed by atoms with Crippen molar-refractivity contribution in [1.29, 1.82) is 0 Å². The van der Waals surface area contributed by atoms with Crippen LogP contribution < -0.4 is 0 Å². The Hall–Kier alpha value is -1.18. The molecule has 1 rings (SSSR count). The van der Waals surface area contributed by atoms with Crippen LogP contribution in [0, 0.1) is 5.92 Å². The van der Waals surface area contributed by atoms with E-state index in [1.807, 2.05) is 25.5 Å². The Kier molecular flexibility index (Phi) is 2.78. The summed E-state index contributed by atoms with van der Waals surface area (Å²) in [6, 6.07) is 0. The molecule has 0 aromatic heterocycles. The minimum absolute atomic E-state index is 0.441. The fraction of sp³-hybridized carbons (Fsp3) is 0.333. The van der Waals surface area contributed by atoms with Crippen LogP contribution in [0.25, 0.3) is 0 Å². The average Bonchev–Trinajstić information content (AvgIpc) is 2.03. The van der Waals surface area contributed by atoms with Crippen molar-refractivity contribution in [3.8, 4) is 0 Å². The predicted molar refractivity (Wildman–Crippen MR) is 49.0 cm³/mol. The highest BCUT2D eigenvalue weighted by Gasteiger charge is 2.04. The van der Waals surface area contributed by atoms with Gasteiger partial charge in [0.05, 0.1) is 0 Å². The number of aliphatic imine (C=N–C) groups is 2. The van der Waals surface area contributed by atoms with E-state index in [-0.39, 0.29) is 0 Å². The van der Waals surface area contributed by atoms with Crippen LogP contribution >= 0.6 is 0 Å². The molecule has 0 radical (unpaired) electrons. The zero-order valence-corrected chi connectivity index (χ0v) is 6.86. The summed E-state index contributed by atoms with van der Waals surface area (Å²) in [6.07, 6.45) is 9.33. The first kappa shape index (κ1) is 7.92. The third-order valence-electron chi connectivity index (χ3n) is 1.58. The molecule has 0 aliphatic carbocycles. The van der Waals surface area contributed by atoms with E-state index in [0.717, 1.165) is 5.57 Å². The fourth-order valence-corrected chi connectivity index (χ4v) is 0.848. The lowest BCUT2D eigenvalue weighted by Crippen LogP contribution is -1.99. The van der Waals surface area contributed by atoms with Crippen molar-refractivity contribution in [2.24, 2.45) is 15.9 Å². The highest BCUT2D eigenvalue weighted by atomic mass is 14.7. The van der Waals surface area contributed by atoms with Crippen LogP contribution in [-0.2, 0) is 0 Å². The quantitative estimate of drug-likeness (QED) is 0.509. The number of hydrogen-bond acceptors (Lipinski definition) is 2. The van der Waals surface area contributed by atoms with Gasteiger partial charge < -0.3 is 0 Å². The van der Waals surface area contributed by atoms with Crippen molar-refractivity contribution >= 4 is 12.4 Å². The molecule has 2 heteroatoms. The van der Waals surface area contributed by atoms with Gasteiger partial charge in [-0.1, -0.05) is 13.0 Å². The summed E-state index contributed by atoms with van der Waals surface area (Å²) in [5.74, 6) is 0.441. The maximum Gasteiger partial charge on any atom is 0.0321 e. The molecule has 0 saturated carbocycles. The Labute approximate surface area is 67.1 Å². The van der Waals surface area contributed by atoms with Gasteiger partial charge in [0.1, 0.15) is 0 Å². The molecule has 0 amide bonds. The van der Waals surface area contributed by atoms with Gasteiger partial charge >= 0.3 is 0 Å². The standard InChI is InChI=1S/C9H12N2/c1-3-10-6-9-7-11-5-4-8(9)2/h3-8H,1-2H3/b9-6-,10-3?. The van der Waals surface area contributed by atoms with E-state index >= 15 is 0 Å². The molecular formula is C9H12N2. The van der Waals surface area contributed by atoms with Crippen molar-refractivity contribution in [3.05, 3.63) is 24.0 Å². The highest BCUT2D eigenvalue weighted by Crippen LogP contribution is 2.13. The molecule has 0 N–H and O–H groups in total. The van der Waals surface area contributed by atoms with E-state index in [9.17, 15) is 0 Å². The Morgan fingerprint density at radius 3 is 3.09 bits per heavy atom.